The lowest BCUT2D eigenvalue weighted by molar-refractivity contribution is -0.116. The Balaban J connectivity index is 1.56. The topological polar surface area (TPSA) is 75.7 Å². The lowest BCUT2D eigenvalue weighted by Crippen LogP contribution is -2.33. The molecule has 2 aromatic rings. The van der Waals surface area contributed by atoms with E-state index in [0.29, 0.717) is 29.0 Å². The number of carbonyl (C=O) groups excluding carboxylic acids is 3. The highest BCUT2D eigenvalue weighted by Gasteiger charge is 2.34. The molecule has 0 aromatic heterocycles. The lowest BCUT2D eigenvalue weighted by Gasteiger charge is -2.15. The zero-order valence-electron chi connectivity index (χ0n) is 15.4. The van der Waals surface area contributed by atoms with Crippen LogP contribution >= 0.6 is 0 Å². The van der Waals surface area contributed by atoms with Crippen molar-refractivity contribution in [3.05, 3.63) is 59.7 Å². The van der Waals surface area contributed by atoms with Gasteiger partial charge in [-0.3, -0.25) is 19.3 Å². The second-order valence-electron chi connectivity index (χ2n) is 6.83. The Bertz CT molecular complexity index is 841. The van der Waals surface area contributed by atoms with Crippen LogP contribution in [0.3, 0.4) is 0 Å². The summed E-state index contributed by atoms with van der Waals surface area (Å²) in [4.78, 5) is 37.7. The van der Waals surface area contributed by atoms with Gasteiger partial charge in [-0.1, -0.05) is 32.0 Å². The number of fused-ring (bicyclic) bond motifs is 1. The molecule has 1 heterocycles. The second-order valence-corrected chi connectivity index (χ2v) is 6.83. The van der Waals surface area contributed by atoms with Crippen molar-refractivity contribution < 1.29 is 19.1 Å². The van der Waals surface area contributed by atoms with Gasteiger partial charge in [-0.2, -0.15) is 0 Å². The number of benzene rings is 2. The van der Waals surface area contributed by atoms with Crippen molar-refractivity contribution in [1.29, 1.82) is 0 Å². The van der Waals surface area contributed by atoms with E-state index >= 15 is 0 Å². The third-order valence-corrected chi connectivity index (χ3v) is 4.17. The summed E-state index contributed by atoms with van der Waals surface area (Å²) < 4.78 is 5.67. The van der Waals surface area contributed by atoms with E-state index < -0.39 is 0 Å². The number of nitrogens with zero attached hydrogens (tertiary/aromatic N) is 1. The minimum absolute atomic E-state index is 0.0480. The van der Waals surface area contributed by atoms with E-state index in [0.717, 1.165) is 0 Å². The molecule has 0 unspecified atom stereocenters. The van der Waals surface area contributed by atoms with Gasteiger partial charge in [0.2, 0.25) is 5.91 Å². The van der Waals surface area contributed by atoms with Crippen molar-refractivity contribution in [2.45, 2.75) is 20.3 Å². The molecule has 0 saturated heterocycles. The zero-order valence-corrected chi connectivity index (χ0v) is 15.4. The highest BCUT2D eigenvalue weighted by atomic mass is 16.5. The summed E-state index contributed by atoms with van der Waals surface area (Å²) in [6.07, 6.45) is 0.449. The number of rotatable bonds is 7. The van der Waals surface area contributed by atoms with Crippen molar-refractivity contribution in [3.8, 4) is 5.75 Å². The Labute approximate surface area is 158 Å². The molecule has 27 heavy (non-hydrogen) atoms. The maximum absolute atomic E-state index is 12.3. The first kappa shape index (κ1) is 18.6. The lowest BCUT2D eigenvalue weighted by atomic mass is 10.1. The summed E-state index contributed by atoms with van der Waals surface area (Å²) in [6.45, 7) is 4.31. The molecule has 6 heteroatoms. The van der Waals surface area contributed by atoms with Gasteiger partial charge in [0, 0.05) is 18.2 Å². The van der Waals surface area contributed by atoms with E-state index in [-0.39, 0.29) is 36.8 Å². The summed E-state index contributed by atoms with van der Waals surface area (Å²) in [7, 11) is 0. The van der Waals surface area contributed by atoms with Crippen LogP contribution in [0.1, 0.15) is 41.0 Å². The molecule has 0 radical (unpaired) electrons. The van der Waals surface area contributed by atoms with Crippen LogP contribution in [0.15, 0.2) is 48.5 Å². The van der Waals surface area contributed by atoms with Crippen LogP contribution in [0, 0.1) is 5.92 Å². The molecule has 0 saturated carbocycles. The smallest absolute Gasteiger partial charge is 0.261 e. The number of nitrogens with one attached hydrogen (secondary N) is 1. The number of hydrogen-bond acceptors (Lipinski definition) is 4. The fourth-order valence-electron chi connectivity index (χ4n) is 2.94. The number of hydrogen-bond donors (Lipinski definition) is 1. The first-order chi connectivity index (χ1) is 13.0. The van der Waals surface area contributed by atoms with Crippen LogP contribution in [0.2, 0.25) is 0 Å². The highest BCUT2D eigenvalue weighted by Crippen LogP contribution is 2.22. The molecule has 6 nitrogen and oxygen atoms in total. The van der Waals surface area contributed by atoms with Crippen LogP contribution in [0.5, 0.6) is 5.75 Å². The minimum atomic E-state index is -0.297. The van der Waals surface area contributed by atoms with Crippen LogP contribution in [-0.2, 0) is 4.79 Å². The van der Waals surface area contributed by atoms with E-state index in [1.54, 1.807) is 48.5 Å². The fourth-order valence-corrected chi connectivity index (χ4v) is 2.94. The van der Waals surface area contributed by atoms with Gasteiger partial charge in [0.1, 0.15) is 12.4 Å². The van der Waals surface area contributed by atoms with Gasteiger partial charge in [-0.25, -0.2) is 0 Å². The van der Waals surface area contributed by atoms with Gasteiger partial charge in [0.25, 0.3) is 11.8 Å². The van der Waals surface area contributed by atoms with E-state index in [1.165, 1.54) is 4.90 Å². The molecule has 140 valence electrons. The Kier molecular flexibility index (Phi) is 5.54. The Morgan fingerprint density at radius 2 is 1.70 bits per heavy atom. The molecular formula is C21H22N2O4. The molecule has 1 aliphatic rings. The Morgan fingerprint density at radius 1 is 1.04 bits per heavy atom. The molecule has 0 atom stereocenters. The maximum Gasteiger partial charge on any atom is 0.261 e. The van der Waals surface area contributed by atoms with E-state index in [2.05, 4.69) is 5.32 Å². The molecule has 3 rings (SSSR count). The summed E-state index contributed by atoms with van der Waals surface area (Å²) in [5.41, 5.74) is 1.51. The van der Waals surface area contributed by atoms with Crippen LogP contribution in [-0.4, -0.2) is 35.8 Å². The fraction of sp³-hybridized carbons (Fsp3) is 0.286. The van der Waals surface area contributed by atoms with Crippen LogP contribution in [0.4, 0.5) is 5.69 Å². The molecule has 2 aromatic carbocycles. The molecule has 0 aliphatic carbocycles. The third-order valence-electron chi connectivity index (χ3n) is 4.17. The van der Waals surface area contributed by atoms with Gasteiger partial charge >= 0.3 is 0 Å². The summed E-state index contributed by atoms with van der Waals surface area (Å²) in [5.74, 6) is 0.203. The molecule has 3 amide bonds. The number of amides is 3. The monoisotopic (exact) mass is 366 g/mol. The second kappa shape index (κ2) is 8.03. The summed E-state index contributed by atoms with van der Waals surface area (Å²) >= 11 is 0. The van der Waals surface area contributed by atoms with Crippen molar-refractivity contribution in [2.24, 2.45) is 5.92 Å². The highest BCUT2D eigenvalue weighted by molar-refractivity contribution is 6.21. The quantitative estimate of drug-likeness (QED) is 0.763. The number of anilines is 1. The molecule has 0 fully saturated rings. The van der Waals surface area contributed by atoms with Crippen molar-refractivity contribution in [2.75, 3.05) is 18.5 Å². The summed E-state index contributed by atoms with van der Waals surface area (Å²) in [5, 5.41) is 2.83. The predicted molar refractivity (Wildman–Crippen MR) is 102 cm³/mol. The average Bonchev–Trinajstić information content (AvgIpc) is 2.86. The molecular weight excluding hydrogens is 344 g/mol. The Hall–Kier alpha value is -3.15. The third kappa shape index (κ3) is 4.34. The van der Waals surface area contributed by atoms with Crippen molar-refractivity contribution in [3.63, 3.8) is 0 Å². The normalized spacial score (nSPS) is 13.1. The van der Waals surface area contributed by atoms with Gasteiger partial charge in [0.05, 0.1) is 17.7 Å². The van der Waals surface area contributed by atoms with Gasteiger partial charge in [-0.15, -0.1) is 0 Å². The molecule has 0 bridgehead atoms. The number of ether oxygens (including phenoxy) is 1. The molecule has 1 N–H and O–H groups in total. The maximum atomic E-state index is 12.3. The summed E-state index contributed by atoms with van der Waals surface area (Å²) in [6, 6.07) is 13.8. The SMILES string of the molecule is CC(C)CC(=O)Nc1cccc(OCCN2C(=O)c3ccccc3C2=O)c1. The van der Waals surface area contributed by atoms with Gasteiger partial charge in [-0.05, 0) is 30.2 Å². The van der Waals surface area contributed by atoms with E-state index in [4.69, 9.17) is 4.74 Å². The standard InChI is InChI=1S/C21H22N2O4/c1-14(2)12-19(24)22-15-6-5-7-16(13-15)27-11-10-23-20(25)17-8-3-4-9-18(17)21(23)26/h3-9,13-14H,10-12H2,1-2H3,(H,22,24). The van der Waals surface area contributed by atoms with E-state index in [9.17, 15) is 14.4 Å². The van der Waals surface area contributed by atoms with Gasteiger partial charge < -0.3 is 10.1 Å². The number of imide groups is 1. The predicted octanol–water partition coefficient (Wildman–Crippen LogP) is 3.35. The van der Waals surface area contributed by atoms with Crippen LogP contribution in [0.25, 0.3) is 0 Å². The van der Waals surface area contributed by atoms with Gasteiger partial charge in [0.15, 0.2) is 0 Å². The van der Waals surface area contributed by atoms with Crippen molar-refractivity contribution >= 4 is 23.4 Å². The first-order valence-corrected chi connectivity index (χ1v) is 8.93. The largest absolute Gasteiger partial charge is 0.492 e. The van der Waals surface area contributed by atoms with E-state index in [1.807, 2.05) is 13.8 Å². The Morgan fingerprint density at radius 3 is 2.33 bits per heavy atom. The van der Waals surface area contributed by atoms with Crippen molar-refractivity contribution in [1.82, 2.24) is 4.90 Å². The minimum Gasteiger partial charge on any atom is -0.492 e. The number of carbonyl (C=O) groups is 3. The van der Waals surface area contributed by atoms with Crippen LogP contribution < -0.4 is 10.1 Å². The molecule has 1 aliphatic heterocycles. The zero-order chi connectivity index (χ0) is 19.4. The first-order valence-electron chi connectivity index (χ1n) is 8.93. The molecule has 0 spiro atoms. The average molecular weight is 366 g/mol.